The highest BCUT2D eigenvalue weighted by atomic mass is 35.5. The van der Waals surface area contributed by atoms with Crippen LogP contribution >= 0.6 is 34.5 Å². The zero-order chi connectivity index (χ0) is 17.3. The van der Waals surface area contributed by atoms with Gasteiger partial charge in [0.05, 0.1) is 16.4 Å². The van der Waals surface area contributed by atoms with Crippen LogP contribution in [0.15, 0.2) is 52.8 Å². The lowest BCUT2D eigenvalue weighted by atomic mass is 10.1. The van der Waals surface area contributed by atoms with Crippen molar-refractivity contribution in [3.05, 3.63) is 68.3 Å². The van der Waals surface area contributed by atoms with Crippen molar-refractivity contribution >= 4 is 46.0 Å². The molecular weight excluding hydrogens is 363 g/mol. The second kappa shape index (κ2) is 6.93. The van der Waals surface area contributed by atoms with Gasteiger partial charge in [-0.2, -0.15) is 0 Å². The van der Waals surface area contributed by atoms with Gasteiger partial charge in [0, 0.05) is 28.6 Å². The molecule has 3 nitrogen and oxygen atoms in total. The molecule has 24 heavy (non-hydrogen) atoms. The van der Waals surface area contributed by atoms with E-state index in [9.17, 15) is 4.79 Å². The zero-order valence-corrected chi connectivity index (χ0v) is 15.4. The molecule has 1 heterocycles. The van der Waals surface area contributed by atoms with Crippen LogP contribution in [0.25, 0.3) is 11.3 Å². The van der Waals surface area contributed by atoms with Crippen molar-refractivity contribution in [1.82, 2.24) is 4.57 Å². The molecule has 0 spiro atoms. The third-order valence-corrected chi connectivity index (χ3v) is 5.07. The van der Waals surface area contributed by atoms with E-state index in [4.69, 9.17) is 23.2 Å². The second-order valence-electron chi connectivity index (χ2n) is 5.31. The number of hydrogen-bond donors (Lipinski definition) is 0. The molecule has 3 aromatic rings. The van der Waals surface area contributed by atoms with E-state index in [1.165, 1.54) is 11.3 Å². The lowest BCUT2D eigenvalue weighted by Crippen LogP contribution is -2.11. The predicted octanol–water partition coefficient (Wildman–Crippen LogP) is 5.50. The van der Waals surface area contributed by atoms with E-state index in [2.05, 4.69) is 4.99 Å². The maximum atomic E-state index is 11.5. The zero-order valence-electron chi connectivity index (χ0n) is 13.1. The van der Waals surface area contributed by atoms with Gasteiger partial charge in [-0.15, -0.1) is 11.3 Å². The Balaban J connectivity index is 2.07. The van der Waals surface area contributed by atoms with E-state index < -0.39 is 0 Å². The quantitative estimate of drug-likeness (QED) is 0.556. The van der Waals surface area contributed by atoms with Crippen LogP contribution in [0.1, 0.15) is 17.3 Å². The number of benzene rings is 2. The summed E-state index contributed by atoms with van der Waals surface area (Å²) in [6, 6.07) is 12.7. The summed E-state index contributed by atoms with van der Waals surface area (Å²) in [5.41, 5.74) is 3.26. The maximum Gasteiger partial charge on any atom is 0.190 e. The van der Waals surface area contributed by atoms with Crippen LogP contribution in [0.5, 0.6) is 0 Å². The smallest absolute Gasteiger partial charge is 0.190 e. The van der Waals surface area contributed by atoms with Gasteiger partial charge in [0.25, 0.3) is 0 Å². The van der Waals surface area contributed by atoms with Gasteiger partial charge in [0.1, 0.15) is 0 Å². The number of halogens is 2. The topological polar surface area (TPSA) is 34.4 Å². The van der Waals surface area contributed by atoms with Crippen molar-refractivity contribution in [2.45, 2.75) is 6.92 Å². The minimum atomic E-state index is 0.0243. The normalized spacial score (nSPS) is 11.8. The fourth-order valence-corrected chi connectivity index (χ4v) is 3.74. The lowest BCUT2D eigenvalue weighted by molar-refractivity contribution is 0.101. The van der Waals surface area contributed by atoms with Gasteiger partial charge in [-0.1, -0.05) is 35.3 Å². The van der Waals surface area contributed by atoms with E-state index in [-0.39, 0.29) is 5.78 Å². The first kappa shape index (κ1) is 17.0. The second-order valence-corrected chi connectivity index (χ2v) is 6.99. The monoisotopic (exact) mass is 376 g/mol. The number of aromatic nitrogens is 1. The molecule has 0 aliphatic heterocycles. The van der Waals surface area contributed by atoms with E-state index in [1.54, 1.807) is 25.1 Å². The van der Waals surface area contributed by atoms with Gasteiger partial charge in [-0.05, 0) is 37.3 Å². The van der Waals surface area contributed by atoms with Crippen molar-refractivity contribution < 1.29 is 4.79 Å². The Morgan fingerprint density at radius 1 is 1.17 bits per heavy atom. The number of hydrogen-bond acceptors (Lipinski definition) is 3. The fraction of sp³-hybridized carbons (Fsp3) is 0.111. The molecule has 0 radical (unpaired) electrons. The van der Waals surface area contributed by atoms with Gasteiger partial charge in [-0.3, -0.25) is 4.79 Å². The molecule has 2 aromatic carbocycles. The Kier molecular flexibility index (Phi) is 4.90. The first-order valence-corrected chi connectivity index (χ1v) is 8.85. The number of thiazole rings is 1. The molecule has 0 N–H and O–H groups in total. The molecule has 0 aliphatic rings. The molecule has 122 valence electrons. The SMILES string of the molecule is CC(=O)c1cccc(N=c2scc(-c3ccc(Cl)cc3Cl)n2C)c1. The Morgan fingerprint density at radius 2 is 1.96 bits per heavy atom. The molecule has 0 atom stereocenters. The van der Waals surface area contributed by atoms with Crippen molar-refractivity contribution in [1.29, 1.82) is 0 Å². The molecule has 3 rings (SSSR count). The van der Waals surface area contributed by atoms with E-state index in [0.717, 1.165) is 21.7 Å². The highest BCUT2D eigenvalue weighted by molar-refractivity contribution is 7.07. The number of nitrogens with zero attached hydrogens (tertiary/aromatic N) is 2. The third-order valence-electron chi connectivity index (χ3n) is 3.61. The van der Waals surface area contributed by atoms with Crippen molar-refractivity contribution in [3.8, 4) is 11.3 Å². The first-order valence-electron chi connectivity index (χ1n) is 7.21. The van der Waals surface area contributed by atoms with Crippen LogP contribution in [0, 0.1) is 0 Å². The Morgan fingerprint density at radius 3 is 2.67 bits per heavy atom. The molecule has 0 unspecified atom stereocenters. The van der Waals surface area contributed by atoms with Crippen LogP contribution in [0.4, 0.5) is 5.69 Å². The Labute approximate surface area is 153 Å². The molecule has 0 fully saturated rings. The van der Waals surface area contributed by atoms with Crippen LogP contribution in [0.3, 0.4) is 0 Å². The first-order chi connectivity index (χ1) is 11.5. The molecule has 0 saturated carbocycles. The molecular formula is C18H14Cl2N2OS. The number of rotatable bonds is 3. The average molecular weight is 377 g/mol. The highest BCUT2D eigenvalue weighted by Crippen LogP contribution is 2.30. The molecule has 1 aromatic heterocycles. The number of carbonyl (C=O) groups is 1. The lowest BCUT2D eigenvalue weighted by Gasteiger charge is -2.06. The van der Waals surface area contributed by atoms with Gasteiger partial charge in [-0.25, -0.2) is 4.99 Å². The average Bonchev–Trinajstić information content (AvgIpc) is 2.89. The summed E-state index contributed by atoms with van der Waals surface area (Å²) in [5, 5.41) is 3.21. The van der Waals surface area contributed by atoms with Crippen LogP contribution in [0.2, 0.25) is 10.0 Å². The van der Waals surface area contributed by atoms with Crippen molar-refractivity contribution in [3.63, 3.8) is 0 Å². The molecule has 0 saturated heterocycles. The summed E-state index contributed by atoms with van der Waals surface area (Å²) in [4.78, 5) is 17.0. The molecule has 6 heteroatoms. The third kappa shape index (κ3) is 3.46. The maximum absolute atomic E-state index is 11.5. The number of Topliss-reactive ketones (excluding diaryl/α,β-unsaturated/α-hetero) is 1. The van der Waals surface area contributed by atoms with Crippen LogP contribution < -0.4 is 4.80 Å². The summed E-state index contributed by atoms with van der Waals surface area (Å²) >= 11 is 13.8. The summed E-state index contributed by atoms with van der Waals surface area (Å²) in [5.74, 6) is 0.0243. The fourth-order valence-electron chi connectivity index (χ4n) is 2.32. The van der Waals surface area contributed by atoms with Crippen molar-refractivity contribution in [2.75, 3.05) is 0 Å². The van der Waals surface area contributed by atoms with Gasteiger partial charge >= 0.3 is 0 Å². The van der Waals surface area contributed by atoms with Gasteiger partial charge in [0.15, 0.2) is 10.6 Å². The molecule has 0 aliphatic carbocycles. The standard InChI is InChI=1S/C18H14Cl2N2OS/c1-11(23)12-4-3-5-14(8-12)21-18-22(2)17(10-24-18)15-7-6-13(19)9-16(15)20/h3-10H,1-2H3. The van der Waals surface area contributed by atoms with E-state index in [1.807, 2.05) is 41.3 Å². The number of carbonyl (C=O) groups excluding carboxylic acids is 1. The largest absolute Gasteiger partial charge is 0.319 e. The Bertz CT molecular complexity index is 989. The predicted molar refractivity (Wildman–Crippen MR) is 100 cm³/mol. The van der Waals surface area contributed by atoms with Crippen LogP contribution in [-0.2, 0) is 7.05 Å². The van der Waals surface area contributed by atoms with Gasteiger partial charge < -0.3 is 4.57 Å². The molecule has 0 amide bonds. The number of ketones is 1. The minimum absolute atomic E-state index is 0.0243. The van der Waals surface area contributed by atoms with Crippen LogP contribution in [-0.4, -0.2) is 10.4 Å². The summed E-state index contributed by atoms with van der Waals surface area (Å²) in [6.07, 6.45) is 0. The summed E-state index contributed by atoms with van der Waals surface area (Å²) in [6.45, 7) is 1.55. The summed E-state index contributed by atoms with van der Waals surface area (Å²) < 4.78 is 1.97. The highest BCUT2D eigenvalue weighted by Gasteiger charge is 2.09. The van der Waals surface area contributed by atoms with E-state index >= 15 is 0 Å². The van der Waals surface area contributed by atoms with E-state index in [0.29, 0.717) is 15.6 Å². The minimum Gasteiger partial charge on any atom is -0.319 e. The summed E-state index contributed by atoms with van der Waals surface area (Å²) in [7, 11) is 1.93. The van der Waals surface area contributed by atoms with Crippen molar-refractivity contribution in [2.24, 2.45) is 12.0 Å². The van der Waals surface area contributed by atoms with Gasteiger partial charge in [0.2, 0.25) is 0 Å². The Hall–Kier alpha value is -1.88. The molecule has 0 bridgehead atoms.